The first kappa shape index (κ1) is 6.61. The number of aromatic nitrogens is 2. The Labute approximate surface area is 52.7 Å². The van der Waals surface area contributed by atoms with Gasteiger partial charge in [-0.3, -0.25) is 5.10 Å². The van der Waals surface area contributed by atoms with Crippen LogP contribution in [0.5, 0.6) is 0 Å². The number of hydrogen-bond acceptors (Lipinski definition) is 2. The molecule has 0 saturated carbocycles. The van der Waals surface area contributed by atoms with Crippen molar-refractivity contribution in [3.05, 3.63) is 24.5 Å². The van der Waals surface area contributed by atoms with Crippen molar-refractivity contribution in [2.45, 2.75) is 0 Å². The molecule has 0 fully saturated rings. The molecular formula is C4H3CrN2-. The SMILES string of the molecule is [Cr].[c-]1cccnn1. The second-order valence-electron chi connectivity index (χ2n) is 0.853. The molecule has 0 radical (unpaired) electrons. The minimum Gasteiger partial charge on any atom is -0.268 e. The van der Waals surface area contributed by atoms with Crippen LogP contribution in [0.3, 0.4) is 0 Å². The molecule has 0 aliphatic heterocycles. The van der Waals surface area contributed by atoms with Crippen molar-refractivity contribution >= 4 is 0 Å². The normalized spacial score (nSPS) is 6.86. The third kappa shape index (κ3) is 2.33. The molecule has 0 atom stereocenters. The fourth-order valence-corrected chi connectivity index (χ4v) is 0.225. The maximum absolute atomic E-state index is 3.48. The zero-order valence-electron chi connectivity index (χ0n) is 3.53. The van der Waals surface area contributed by atoms with Gasteiger partial charge in [0.05, 0.1) is 0 Å². The van der Waals surface area contributed by atoms with E-state index >= 15 is 0 Å². The molecule has 1 aromatic heterocycles. The van der Waals surface area contributed by atoms with Crippen LogP contribution >= 0.6 is 0 Å². The smallest absolute Gasteiger partial charge is 0 e. The van der Waals surface area contributed by atoms with Crippen LogP contribution in [0.4, 0.5) is 0 Å². The van der Waals surface area contributed by atoms with Crippen LogP contribution in [0.2, 0.25) is 0 Å². The summed E-state index contributed by atoms with van der Waals surface area (Å²) in [5.74, 6) is 0. The Morgan fingerprint density at radius 3 is 2.43 bits per heavy atom. The molecule has 0 amide bonds. The minimum atomic E-state index is 0. The fourth-order valence-electron chi connectivity index (χ4n) is 0.225. The molecule has 1 aromatic rings. The average molecular weight is 131 g/mol. The van der Waals surface area contributed by atoms with Gasteiger partial charge in [-0.2, -0.15) is 11.2 Å². The second-order valence-corrected chi connectivity index (χ2v) is 0.853. The summed E-state index contributed by atoms with van der Waals surface area (Å²) >= 11 is 0. The molecular weight excluding hydrogens is 128 g/mol. The van der Waals surface area contributed by atoms with Gasteiger partial charge in [0.2, 0.25) is 0 Å². The minimum absolute atomic E-state index is 0. The van der Waals surface area contributed by atoms with Crippen molar-refractivity contribution in [2.75, 3.05) is 0 Å². The second kappa shape index (κ2) is 3.79. The molecule has 0 N–H and O–H groups in total. The summed E-state index contributed by atoms with van der Waals surface area (Å²) in [6.07, 6.45) is 4.14. The van der Waals surface area contributed by atoms with Crippen molar-refractivity contribution in [1.82, 2.24) is 10.2 Å². The van der Waals surface area contributed by atoms with Gasteiger partial charge in [0, 0.05) is 17.4 Å². The van der Waals surface area contributed by atoms with Crippen LogP contribution in [0, 0.1) is 6.20 Å². The molecule has 0 aliphatic carbocycles. The van der Waals surface area contributed by atoms with Crippen molar-refractivity contribution < 1.29 is 17.4 Å². The van der Waals surface area contributed by atoms with E-state index in [9.17, 15) is 0 Å². The number of nitrogens with zero attached hydrogens (tertiary/aromatic N) is 2. The largest absolute Gasteiger partial charge is 0.268 e. The molecule has 0 unspecified atom stereocenters. The van der Waals surface area contributed by atoms with Gasteiger partial charge in [0.1, 0.15) is 0 Å². The van der Waals surface area contributed by atoms with Crippen LogP contribution in [0.15, 0.2) is 18.3 Å². The molecule has 0 aromatic carbocycles. The summed E-state index contributed by atoms with van der Waals surface area (Å²) in [6, 6.07) is 3.47. The third-order valence-electron chi connectivity index (χ3n) is 0.439. The van der Waals surface area contributed by atoms with Crippen LogP contribution in [-0.4, -0.2) is 10.2 Å². The van der Waals surface area contributed by atoms with Gasteiger partial charge in [-0.15, -0.1) is 6.20 Å². The van der Waals surface area contributed by atoms with Gasteiger partial charge in [-0.1, -0.05) is 0 Å². The Hall–Kier alpha value is -0.388. The van der Waals surface area contributed by atoms with Crippen LogP contribution in [0.25, 0.3) is 0 Å². The molecule has 1 rings (SSSR count). The van der Waals surface area contributed by atoms with Gasteiger partial charge in [-0.05, 0) is 6.20 Å². The van der Waals surface area contributed by atoms with E-state index in [4.69, 9.17) is 0 Å². The first-order valence-corrected chi connectivity index (χ1v) is 1.64. The van der Waals surface area contributed by atoms with Gasteiger partial charge >= 0.3 is 0 Å². The van der Waals surface area contributed by atoms with Crippen molar-refractivity contribution in [1.29, 1.82) is 0 Å². The molecule has 0 saturated heterocycles. The Bertz CT molecular complexity index is 81.6. The van der Waals surface area contributed by atoms with Gasteiger partial charge in [-0.25, -0.2) is 6.07 Å². The van der Waals surface area contributed by atoms with E-state index in [1.165, 1.54) is 0 Å². The summed E-state index contributed by atoms with van der Waals surface area (Å²) in [4.78, 5) is 0. The molecule has 2 nitrogen and oxygen atoms in total. The molecule has 0 bridgehead atoms. The monoisotopic (exact) mass is 131 g/mol. The summed E-state index contributed by atoms with van der Waals surface area (Å²) in [5, 5.41) is 6.89. The Kier molecular flexibility index (Phi) is 3.58. The van der Waals surface area contributed by atoms with Crippen molar-refractivity contribution in [2.24, 2.45) is 0 Å². The van der Waals surface area contributed by atoms with Crippen molar-refractivity contribution in [3.63, 3.8) is 0 Å². The predicted molar refractivity (Wildman–Crippen MR) is 20.9 cm³/mol. The van der Waals surface area contributed by atoms with E-state index in [1.54, 1.807) is 18.3 Å². The van der Waals surface area contributed by atoms with E-state index in [2.05, 4.69) is 16.4 Å². The maximum Gasteiger partial charge on any atom is 0 e. The summed E-state index contributed by atoms with van der Waals surface area (Å²) in [5.41, 5.74) is 0. The third-order valence-corrected chi connectivity index (χ3v) is 0.439. The Morgan fingerprint density at radius 1 is 1.43 bits per heavy atom. The quantitative estimate of drug-likeness (QED) is 0.472. The molecule has 7 heavy (non-hydrogen) atoms. The van der Waals surface area contributed by atoms with E-state index < -0.39 is 0 Å². The predicted octanol–water partition coefficient (Wildman–Crippen LogP) is 0.274. The Morgan fingerprint density at radius 2 is 2.29 bits per heavy atom. The zero-order valence-corrected chi connectivity index (χ0v) is 4.81. The average Bonchev–Trinajstić information content (AvgIpc) is 1.72. The van der Waals surface area contributed by atoms with E-state index in [-0.39, 0.29) is 17.4 Å². The maximum atomic E-state index is 3.48. The summed E-state index contributed by atoms with van der Waals surface area (Å²) < 4.78 is 0. The molecule has 1 heterocycles. The van der Waals surface area contributed by atoms with E-state index in [0.29, 0.717) is 0 Å². The first-order chi connectivity index (χ1) is 3.00. The fraction of sp³-hybridized carbons (Fsp3) is 0. The first-order valence-electron chi connectivity index (χ1n) is 1.64. The molecule has 3 heteroatoms. The van der Waals surface area contributed by atoms with E-state index in [1.807, 2.05) is 0 Å². The molecule has 0 aliphatic rings. The zero-order chi connectivity index (χ0) is 4.24. The number of hydrogen-bond donors (Lipinski definition) is 0. The molecule has 0 spiro atoms. The standard InChI is InChI=1S/C4H3N2.Cr/c1-2-4-6-5-3-1;/h1-3H;/q-1;. The van der Waals surface area contributed by atoms with Crippen molar-refractivity contribution in [3.8, 4) is 0 Å². The van der Waals surface area contributed by atoms with Gasteiger partial charge < -0.3 is 0 Å². The Balaban J connectivity index is 0.000000360. The topological polar surface area (TPSA) is 25.8 Å². The van der Waals surface area contributed by atoms with E-state index in [0.717, 1.165) is 0 Å². The molecule has 36 valence electrons. The van der Waals surface area contributed by atoms with Crippen LogP contribution in [-0.2, 0) is 17.4 Å². The van der Waals surface area contributed by atoms with Crippen LogP contribution < -0.4 is 0 Å². The summed E-state index contributed by atoms with van der Waals surface area (Å²) in [7, 11) is 0. The van der Waals surface area contributed by atoms with Gasteiger partial charge in [0.15, 0.2) is 0 Å². The number of rotatable bonds is 0. The van der Waals surface area contributed by atoms with Gasteiger partial charge in [0.25, 0.3) is 0 Å². The van der Waals surface area contributed by atoms with Crippen LogP contribution in [0.1, 0.15) is 0 Å². The summed E-state index contributed by atoms with van der Waals surface area (Å²) in [6.45, 7) is 0.